The number of pyridine rings is 1. The molecule has 3 nitrogen and oxygen atoms in total. The molecule has 0 N–H and O–H groups in total. The number of benzene rings is 1. The second-order valence-corrected chi connectivity index (χ2v) is 3.96. The number of nitrogens with zero attached hydrogens (tertiary/aromatic N) is 1. The van der Waals surface area contributed by atoms with Crippen molar-refractivity contribution in [2.75, 3.05) is 13.7 Å². The van der Waals surface area contributed by atoms with Gasteiger partial charge >= 0.3 is 0 Å². The molecule has 0 unspecified atom stereocenters. The molecule has 0 bridgehead atoms. The number of carbonyl (C=O) groups is 1. The Morgan fingerprint density at radius 1 is 1.29 bits per heavy atom. The van der Waals surface area contributed by atoms with Gasteiger partial charge in [0.1, 0.15) is 6.61 Å². The Morgan fingerprint density at radius 3 is 2.94 bits per heavy atom. The van der Waals surface area contributed by atoms with E-state index in [1.54, 1.807) is 6.20 Å². The molecule has 1 aromatic carbocycles. The van der Waals surface area contributed by atoms with Crippen LogP contribution in [0.15, 0.2) is 36.5 Å². The zero-order chi connectivity index (χ0) is 12.1. The number of ketones is 1. The van der Waals surface area contributed by atoms with Crippen LogP contribution in [0.2, 0.25) is 0 Å². The molecule has 0 radical (unpaired) electrons. The van der Waals surface area contributed by atoms with Crippen LogP contribution in [0.25, 0.3) is 10.9 Å². The average Bonchev–Trinajstić information content (AvgIpc) is 2.36. The summed E-state index contributed by atoms with van der Waals surface area (Å²) in [6, 6.07) is 10.0. The number of rotatable bonds is 5. The maximum absolute atomic E-state index is 11.4. The number of hydrogen-bond acceptors (Lipinski definition) is 3. The molecule has 88 valence electrons. The first-order chi connectivity index (χ1) is 8.31. The highest BCUT2D eigenvalue weighted by atomic mass is 16.5. The Hall–Kier alpha value is -1.74. The van der Waals surface area contributed by atoms with Gasteiger partial charge in [-0.15, -0.1) is 0 Å². The predicted octanol–water partition coefficient (Wildman–Crippen LogP) is 2.38. The highest BCUT2D eigenvalue weighted by Gasteiger charge is 2.05. The number of Topliss-reactive ketones (excluding diaryl/α,β-unsaturated/α-hetero) is 1. The first kappa shape index (κ1) is 11.7. The van der Waals surface area contributed by atoms with Crippen molar-refractivity contribution >= 4 is 16.7 Å². The molecule has 0 aliphatic rings. The molecule has 17 heavy (non-hydrogen) atoms. The average molecular weight is 229 g/mol. The van der Waals surface area contributed by atoms with Gasteiger partial charge in [-0.25, -0.2) is 0 Å². The quantitative estimate of drug-likeness (QED) is 0.790. The van der Waals surface area contributed by atoms with Gasteiger partial charge in [-0.3, -0.25) is 9.78 Å². The third kappa shape index (κ3) is 2.88. The van der Waals surface area contributed by atoms with Crippen LogP contribution in [0.5, 0.6) is 0 Å². The number of aryl methyl sites for hydroxylation is 1. The Bertz CT molecular complexity index is 517. The largest absolute Gasteiger partial charge is 0.377 e. The second-order valence-electron chi connectivity index (χ2n) is 3.96. The molecule has 2 aromatic rings. The van der Waals surface area contributed by atoms with Crippen molar-refractivity contribution in [3.05, 3.63) is 42.1 Å². The van der Waals surface area contributed by atoms with Crippen LogP contribution >= 0.6 is 0 Å². The number of fused-ring (bicyclic) bond motifs is 1. The van der Waals surface area contributed by atoms with Crippen molar-refractivity contribution < 1.29 is 9.53 Å². The summed E-state index contributed by atoms with van der Waals surface area (Å²) in [5, 5.41) is 1.11. The minimum atomic E-state index is 0.125. The van der Waals surface area contributed by atoms with Crippen molar-refractivity contribution in [3.63, 3.8) is 0 Å². The summed E-state index contributed by atoms with van der Waals surface area (Å²) in [6.45, 7) is 0.193. The summed E-state index contributed by atoms with van der Waals surface area (Å²) in [6.07, 6.45) is 3.00. The van der Waals surface area contributed by atoms with E-state index in [9.17, 15) is 4.79 Å². The van der Waals surface area contributed by atoms with Gasteiger partial charge in [0.15, 0.2) is 5.78 Å². The Labute approximate surface area is 100 Å². The smallest absolute Gasteiger partial charge is 0.158 e. The van der Waals surface area contributed by atoms with Gasteiger partial charge < -0.3 is 4.74 Å². The van der Waals surface area contributed by atoms with Gasteiger partial charge in [0.25, 0.3) is 0 Å². The third-order valence-electron chi connectivity index (χ3n) is 2.69. The van der Waals surface area contributed by atoms with Crippen molar-refractivity contribution in [2.24, 2.45) is 0 Å². The van der Waals surface area contributed by atoms with Gasteiger partial charge in [0.05, 0.1) is 5.52 Å². The molecule has 0 fully saturated rings. The number of hydrogen-bond donors (Lipinski definition) is 0. The molecule has 0 aliphatic heterocycles. The van der Waals surface area contributed by atoms with E-state index in [0.717, 1.165) is 22.9 Å². The van der Waals surface area contributed by atoms with E-state index in [4.69, 9.17) is 4.74 Å². The van der Waals surface area contributed by atoms with E-state index in [-0.39, 0.29) is 12.4 Å². The standard InChI is InChI=1S/C14H15NO2/c1-17-10-13(16)8-7-12-5-2-4-11-6-3-9-15-14(11)12/h2-6,9H,7-8,10H2,1H3. The van der Waals surface area contributed by atoms with Gasteiger partial charge in [-0.1, -0.05) is 24.3 Å². The van der Waals surface area contributed by atoms with Gasteiger partial charge in [0, 0.05) is 25.1 Å². The zero-order valence-corrected chi connectivity index (χ0v) is 9.85. The molecule has 0 aliphatic carbocycles. The molecule has 3 heteroatoms. The van der Waals surface area contributed by atoms with Gasteiger partial charge in [0.2, 0.25) is 0 Å². The van der Waals surface area contributed by atoms with Crippen LogP contribution in [-0.2, 0) is 16.0 Å². The summed E-state index contributed by atoms with van der Waals surface area (Å²) in [5.41, 5.74) is 2.10. The third-order valence-corrected chi connectivity index (χ3v) is 2.69. The van der Waals surface area contributed by atoms with Crippen LogP contribution in [0.1, 0.15) is 12.0 Å². The Balaban J connectivity index is 2.16. The van der Waals surface area contributed by atoms with Crippen LogP contribution in [0, 0.1) is 0 Å². The fourth-order valence-electron chi connectivity index (χ4n) is 1.88. The lowest BCUT2D eigenvalue weighted by atomic mass is 10.0. The molecule has 0 spiro atoms. The molecule has 0 atom stereocenters. The minimum Gasteiger partial charge on any atom is -0.377 e. The monoisotopic (exact) mass is 229 g/mol. The van der Waals surface area contributed by atoms with E-state index in [2.05, 4.69) is 4.98 Å². The van der Waals surface area contributed by atoms with Gasteiger partial charge in [-0.2, -0.15) is 0 Å². The van der Waals surface area contributed by atoms with Gasteiger partial charge in [-0.05, 0) is 18.1 Å². The second kappa shape index (κ2) is 5.55. The van der Waals surface area contributed by atoms with E-state index < -0.39 is 0 Å². The van der Waals surface area contributed by atoms with E-state index >= 15 is 0 Å². The van der Waals surface area contributed by atoms with E-state index in [1.807, 2.05) is 30.3 Å². The Kier molecular flexibility index (Phi) is 3.83. The molecule has 0 saturated carbocycles. The van der Waals surface area contributed by atoms with Crippen LogP contribution < -0.4 is 0 Å². The van der Waals surface area contributed by atoms with E-state index in [1.165, 1.54) is 7.11 Å². The maximum Gasteiger partial charge on any atom is 0.158 e. The topological polar surface area (TPSA) is 39.2 Å². The Morgan fingerprint density at radius 2 is 2.12 bits per heavy atom. The van der Waals surface area contributed by atoms with Crippen LogP contribution in [-0.4, -0.2) is 24.5 Å². The lowest BCUT2D eigenvalue weighted by molar-refractivity contribution is -0.122. The first-order valence-electron chi connectivity index (χ1n) is 5.64. The number of ether oxygens (including phenoxy) is 1. The maximum atomic E-state index is 11.4. The minimum absolute atomic E-state index is 0.125. The first-order valence-corrected chi connectivity index (χ1v) is 5.64. The lowest BCUT2D eigenvalue weighted by Gasteiger charge is -2.04. The summed E-state index contributed by atoms with van der Waals surface area (Å²) in [7, 11) is 1.54. The number of methoxy groups -OCH3 is 1. The number of para-hydroxylation sites is 1. The predicted molar refractivity (Wildman–Crippen MR) is 66.9 cm³/mol. The molecule has 0 amide bonds. The molecule has 1 heterocycles. The fraction of sp³-hybridized carbons (Fsp3) is 0.286. The zero-order valence-electron chi connectivity index (χ0n) is 9.85. The van der Waals surface area contributed by atoms with Crippen LogP contribution in [0.3, 0.4) is 0 Å². The molecule has 2 rings (SSSR count). The molecule has 1 aromatic heterocycles. The normalized spacial score (nSPS) is 10.6. The van der Waals surface area contributed by atoms with Crippen molar-refractivity contribution in [1.82, 2.24) is 4.98 Å². The fourth-order valence-corrected chi connectivity index (χ4v) is 1.88. The molecule has 0 saturated heterocycles. The molecular weight excluding hydrogens is 214 g/mol. The number of aromatic nitrogens is 1. The summed E-state index contributed by atoms with van der Waals surface area (Å²) < 4.78 is 4.81. The van der Waals surface area contributed by atoms with Crippen molar-refractivity contribution in [3.8, 4) is 0 Å². The highest BCUT2D eigenvalue weighted by molar-refractivity contribution is 5.83. The highest BCUT2D eigenvalue weighted by Crippen LogP contribution is 2.17. The van der Waals surface area contributed by atoms with Crippen molar-refractivity contribution in [2.45, 2.75) is 12.8 Å². The van der Waals surface area contributed by atoms with Crippen LogP contribution in [0.4, 0.5) is 0 Å². The lowest BCUT2D eigenvalue weighted by Crippen LogP contribution is -2.07. The summed E-state index contributed by atoms with van der Waals surface area (Å²) >= 11 is 0. The van der Waals surface area contributed by atoms with E-state index in [0.29, 0.717) is 6.42 Å². The summed E-state index contributed by atoms with van der Waals surface area (Å²) in [4.78, 5) is 15.8. The SMILES string of the molecule is COCC(=O)CCc1cccc2cccnc12. The molecular formula is C14H15NO2. The van der Waals surface area contributed by atoms with Crippen molar-refractivity contribution in [1.29, 1.82) is 0 Å². The number of carbonyl (C=O) groups excluding carboxylic acids is 1. The summed E-state index contributed by atoms with van der Waals surface area (Å²) in [5.74, 6) is 0.125.